The molecule has 0 atom stereocenters. The SMILES string of the molecule is [2H]c1c([2H])c([2H])c2c(c1[2H])c1c([2H])c([2H])c([2H])c([2H])c1n2-c1c(C#N)c(-n2c3ccccc3c3ccc4oc5ccccc5c4c32)c(C#N)c(-n2c3c([2H])c([2H])c([2H])c([2H])c3c3c([2H])c([2H])c([2H])c(C)c32)c1-n1c2ccccc2c2ccc3oc4ccccc4c3c21. The van der Waals surface area contributed by atoms with Gasteiger partial charge in [-0.25, -0.2) is 0 Å². The first-order valence-corrected chi connectivity index (χ1v) is 24.6. The number of aromatic nitrogens is 4. The van der Waals surface area contributed by atoms with Crippen molar-refractivity contribution in [3.63, 3.8) is 0 Å². The Kier molecular flexibility index (Phi) is 5.86. The lowest BCUT2D eigenvalue weighted by molar-refractivity contribution is 0.669. The molecule has 0 N–H and O–H groups in total. The van der Waals surface area contributed by atoms with Crippen molar-refractivity contribution in [1.29, 1.82) is 10.5 Å². The normalized spacial score (nSPS) is 14.9. The highest BCUT2D eigenvalue weighted by molar-refractivity contribution is 6.27. The van der Waals surface area contributed by atoms with Crippen molar-refractivity contribution in [3.05, 3.63) is 229 Å². The molecule has 17 rings (SSSR count). The molecule has 8 nitrogen and oxygen atoms in total. The average molecular weight is 998 g/mol. The molecule has 0 saturated heterocycles. The minimum atomic E-state index is -0.776. The summed E-state index contributed by atoms with van der Waals surface area (Å²) >= 11 is 0. The van der Waals surface area contributed by atoms with Gasteiger partial charge in [0, 0.05) is 53.9 Å². The molecule has 0 radical (unpaired) electrons. The number of rotatable bonds is 4. The van der Waals surface area contributed by atoms with Gasteiger partial charge in [0.25, 0.3) is 0 Å². The minimum Gasteiger partial charge on any atom is -0.456 e. The van der Waals surface area contributed by atoms with Crippen LogP contribution in [-0.2, 0) is 0 Å². The largest absolute Gasteiger partial charge is 0.456 e. The van der Waals surface area contributed by atoms with Crippen molar-refractivity contribution in [2.75, 3.05) is 0 Å². The summed E-state index contributed by atoms with van der Waals surface area (Å²) in [5.41, 5.74) is 0.129. The average Bonchev–Trinajstić information content (AvgIpc) is 1.47. The maximum Gasteiger partial charge on any atom is 0.137 e. The van der Waals surface area contributed by atoms with Gasteiger partial charge in [0.1, 0.15) is 45.6 Å². The molecule has 356 valence electrons. The van der Waals surface area contributed by atoms with Crippen molar-refractivity contribution < 1.29 is 29.4 Å². The first kappa shape index (κ1) is 29.8. The molecular weight excluding hydrogens is 945 g/mol. The number of aryl methyl sites for hydroxylation is 1. The molecule has 0 unspecified atom stereocenters. The molecule has 11 aromatic carbocycles. The molecule has 6 heterocycles. The first-order chi connectivity index (χ1) is 44.3. The zero-order chi connectivity index (χ0) is 63.8. The Balaban J connectivity index is 1.30. The van der Waals surface area contributed by atoms with E-state index in [9.17, 15) is 28.3 Å². The maximum atomic E-state index is 13.0. The molecule has 0 spiro atoms. The van der Waals surface area contributed by atoms with E-state index in [2.05, 4.69) is 12.1 Å². The van der Waals surface area contributed by atoms with E-state index >= 15 is 0 Å². The molecular formula is C69H38N6O2. The molecule has 8 heteroatoms. The molecule has 0 fully saturated rings. The molecule has 0 aliphatic carbocycles. The fourth-order valence-electron chi connectivity index (χ4n) is 12.4. The van der Waals surface area contributed by atoms with Crippen LogP contribution in [0, 0.1) is 29.6 Å². The smallest absolute Gasteiger partial charge is 0.137 e. The van der Waals surface area contributed by atoms with Gasteiger partial charge in [-0.05, 0) is 79.1 Å². The second-order valence-corrected chi connectivity index (χ2v) is 19.0. The molecule has 0 aliphatic heterocycles. The molecule has 77 heavy (non-hydrogen) atoms. The summed E-state index contributed by atoms with van der Waals surface area (Å²) in [6, 6.07) is 31.2. The Bertz CT molecular complexity index is 6150. The van der Waals surface area contributed by atoms with E-state index in [1.165, 1.54) is 16.1 Å². The van der Waals surface area contributed by atoms with Gasteiger partial charge in [-0.3, -0.25) is 0 Å². The second kappa shape index (κ2) is 15.1. The third-order valence-electron chi connectivity index (χ3n) is 15.3. The van der Waals surface area contributed by atoms with Crippen molar-refractivity contribution in [1.82, 2.24) is 18.3 Å². The summed E-state index contributed by atoms with van der Waals surface area (Å²) in [5, 5.41) is 29.5. The zero-order valence-corrected chi connectivity index (χ0v) is 40.0. The summed E-state index contributed by atoms with van der Waals surface area (Å²) in [6.07, 6.45) is 0. The third kappa shape index (κ3) is 5.27. The van der Waals surface area contributed by atoms with Crippen LogP contribution < -0.4 is 0 Å². The lowest BCUT2D eigenvalue weighted by Gasteiger charge is -2.27. The van der Waals surface area contributed by atoms with Crippen LogP contribution in [0.15, 0.2) is 221 Å². The van der Waals surface area contributed by atoms with Crippen LogP contribution in [0.3, 0.4) is 0 Å². The van der Waals surface area contributed by atoms with Crippen LogP contribution in [-0.4, -0.2) is 18.3 Å². The molecule has 0 aliphatic rings. The van der Waals surface area contributed by atoms with Crippen molar-refractivity contribution >= 4 is 131 Å². The quantitative estimate of drug-likeness (QED) is 0.176. The van der Waals surface area contributed by atoms with E-state index in [0.717, 1.165) is 0 Å². The lowest BCUT2D eigenvalue weighted by atomic mass is 9.98. The van der Waals surface area contributed by atoms with Crippen LogP contribution in [0.5, 0.6) is 0 Å². The predicted octanol–water partition coefficient (Wildman–Crippen LogP) is 17.9. The van der Waals surface area contributed by atoms with E-state index in [1.54, 1.807) is 57.7 Å². The van der Waals surface area contributed by atoms with Gasteiger partial charge in [0.05, 0.1) is 98.2 Å². The van der Waals surface area contributed by atoms with Crippen LogP contribution in [0.2, 0.25) is 0 Å². The number of nitrogens with zero attached hydrogens (tertiary/aromatic N) is 6. The van der Waals surface area contributed by atoms with E-state index in [4.69, 9.17) is 11.6 Å². The number of hydrogen-bond donors (Lipinski definition) is 0. The fraction of sp³-hybridized carbons (Fsp3) is 0.0145. The number of hydrogen-bond acceptors (Lipinski definition) is 4. The number of para-hydroxylation sites is 8. The standard InChI is InChI=1S/C69H38N6O2/c1-39-17-16-25-45-42-20-4-11-28-54(42)73(63(39)45)68-51(38-71)64(74-55-29-12-5-21-43(55)46-33-35-59-61(65(46)74)48-23-7-14-31-57(48)76-59)50(37-70)67(72-52-26-9-2-18-40(52)41-19-3-10-27-53(41)72)69(68)75-56-30-13-6-22-44(56)47-34-36-60-62(66(47)75)49-24-8-15-32-58(49)77-60/h2-36H,1H3/i2D,3D,4D,9D,10D,11D,16D,17D,18D,19D,20D,25D,26D,27D,28D. The monoisotopic (exact) mass is 997 g/mol. The lowest BCUT2D eigenvalue weighted by Crippen LogP contribution is -2.17. The molecule has 6 aromatic heterocycles. The topological polar surface area (TPSA) is 93.6 Å². The van der Waals surface area contributed by atoms with Gasteiger partial charge in [0.15, 0.2) is 0 Å². The highest BCUT2D eigenvalue weighted by atomic mass is 16.3. The summed E-state index contributed by atoms with van der Waals surface area (Å²) in [4.78, 5) is 0. The highest BCUT2D eigenvalue weighted by Crippen LogP contribution is 2.51. The summed E-state index contributed by atoms with van der Waals surface area (Å²) in [5.74, 6) is 0. The van der Waals surface area contributed by atoms with Crippen molar-refractivity contribution in [3.8, 4) is 34.9 Å². The van der Waals surface area contributed by atoms with E-state index in [-0.39, 0.29) is 66.5 Å². The summed E-state index contributed by atoms with van der Waals surface area (Å²) < 4.78 is 163. The first-order valence-electron chi connectivity index (χ1n) is 32.1. The molecule has 0 saturated carbocycles. The maximum absolute atomic E-state index is 13.0. The van der Waals surface area contributed by atoms with Crippen LogP contribution in [0.4, 0.5) is 0 Å². The molecule has 17 aromatic rings. The van der Waals surface area contributed by atoms with E-state index < -0.39 is 107 Å². The Morgan fingerprint density at radius 3 is 1.29 bits per heavy atom. The summed E-state index contributed by atoms with van der Waals surface area (Å²) in [7, 11) is 0. The Morgan fingerprint density at radius 1 is 0.338 bits per heavy atom. The third-order valence-corrected chi connectivity index (χ3v) is 15.3. The highest BCUT2D eigenvalue weighted by Gasteiger charge is 2.36. The Morgan fingerprint density at radius 2 is 0.753 bits per heavy atom. The second-order valence-electron chi connectivity index (χ2n) is 19.0. The van der Waals surface area contributed by atoms with Gasteiger partial charge >= 0.3 is 0 Å². The predicted molar refractivity (Wildman–Crippen MR) is 313 cm³/mol. The van der Waals surface area contributed by atoms with Gasteiger partial charge in [0.2, 0.25) is 0 Å². The molecule has 0 amide bonds. The zero-order valence-electron chi connectivity index (χ0n) is 55.0. The van der Waals surface area contributed by atoms with Gasteiger partial charge in [-0.1, -0.05) is 145 Å². The van der Waals surface area contributed by atoms with E-state index in [1.807, 2.05) is 72.8 Å². The summed E-state index contributed by atoms with van der Waals surface area (Å²) in [6.45, 7) is 1.50. The number of furan rings is 2. The fourth-order valence-corrected chi connectivity index (χ4v) is 12.4. The van der Waals surface area contributed by atoms with E-state index in [0.29, 0.717) is 87.5 Å². The number of nitriles is 2. The van der Waals surface area contributed by atoms with Crippen LogP contribution >= 0.6 is 0 Å². The number of benzene rings is 11. The van der Waals surface area contributed by atoms with Gasteiger partial charge in [-0.2, -0.15) is 10.5 Å². The van der Waals surface area contributed by atoms with Gasteiger partial charge < -0.3 is 27.1 Å². The van der Waals surface area contributed by atoms with Crippen molar-refractivity contribution in [2.24, 2.45) is 0 Å². The minimum absolute atomic E-state index is 0.00895. The Labute approximate surface area is 458 Å². The number of fused-ring (bicyclic) bond motifs is 20. The molecule has 0 bridgehead atoms. The van der Waals surface area contributed by atoms with Crippen LogP contribution in [0.25, 0.3) is 154 Å². The van der Waals surface area contributed by atoms with Gasteiger partial charge in [-0.15, -0.1) is 0 Å². The van der Waals surface area contributed by atoms with Crippen LogP contribution in [0.1, 0.15) is 37.3 Å². The van der Waals surface area contributed by atoms with Crippen molar-refractivity contribution in [2.45, 2.75) is 6.92 Å². The Hall–Kier alpha value is -10.8.